The van der Waals surface area contributed by atoms with E-state index >= 15 is 0 Å². The van der Waals surface area contributed by atoms with Gasteiger partial charge in [0, 0.05) is 18.3 Å². The first-order valence-corrected chi connectivity index (χ1v) is 5.77. The van der Waals surface area contributed by atoms with Gasteiger partial charge in [-0.1, -0.05) is 20.8 Å². The summed E-state index contributed by atoms with van der Waals surface area (Å²) in [6.07, 6.45) is 0. The first-order valence-electron chi connectivity index (χ1n) is 4.25. The molecule has 0 saturated heterocycles. The molecule has 0 aliphatic heterocycles. The van der Waals surface area contributed by atoms with Gasteiger partial charge < -0.3 is 8.85 Å². The Morgan fingerprint density at radius 2 is 1.36 bits per heavy atom. The second-order valence-electron chi connectivity index (χ2n) is 3.61. The van der Waals surface area contributed by atoms with Crippen LogP contribution in [0, 0.1) is 0 Å². The Morgan fingerprint density at radius 3 is 1.55 bits per heavy atom. The molecule has 0 aromatic heterocycles. The molecule has 0 aliphatic rings. The fourth-order valence-electron chi connectivity index (χ4n) is 0.851. The molecule has 0 unspecified atom stereocenters. The van der Waals surface area contributed by atoms with Gasteiger partial charge in [0.05, 0.1) is 0 Å². The zero-order valence-electron chi connectivity index (χ0n) is 8.31. The van der Waals surface area contributed by atoms with Crippen LogP contribution in [0.2, 0.25) is 5.04 Å². The normalized spacial score (nSPS) is 12.5. The first kappa shape index (κ1) is 11.1. The summed E-state index contributed by atoms with van der Waals surface area (Å²) >= 11 is 0. The van der Waals surface area contributed by atoms with Gasteiger partial charge in [-0.2, -0.15) is 0 Å². The Hall–Kier alpha value is 0.137. The first-order chi connectivity index (χ1) is 5.02. The van der Waals surface area contributed by atoms with Crippen LogP contribution in [-0.2, 0) is 8.85 Å². The topological polar surface area (TPSA) is 18.5 Å². The van der Waals surface area contributed by atoms with E-state index in [1.165, 1.54) is 0 Å². The lowest BCUT2D eigenvalue weighted by Crippen LogP contribution is -2.33. The van der Waals surface area contributed by atoms with E-state index in [4.69, 9.17) is 8.85 Å². The Labute approximate surface area is 71.7 Å². The molecular formula is C8H20O2Si. The smallest absolute Gasteiger partial charge is 0.326 e. The third-order valence-corrected chi connectivity index (χ3v) is 4.03. The van der Waals surface area contributed by atoms with Crippen molar-refractivity contribution < 1.29 is 8.85 Å². The fourth-order valence-corrected chi connectivity index (χ4v) is 2.55. The molecule has 2 nitrogen and oxygen atoms in total. The van der Waals surface area contributed by atoms with Crippen molar-refractivity contribution in [2.24, 2.45) is 0 Å². The average molecular weight is 176 g/mol. The Kier molecular flexibility index (Phi) is 4.96. The van der Waals surface area contributed by atoms with Crippen molar-refractivity contribution in [3.8, 4) is 0 Å². The van der Waals surface area contributed by atoms with Crippen LogP contribution >= 0.6 is 0 Å². The Morgan fingerprint density at radius 1 is 1.00 bits per heavy atom. The summed E-state index contributed by atoms with van der Waals surface area (Å²) in [6.45, 7) is 12.1. The molecule has 0 radical (unpaired) electrons. The lowest BCUT2D eigenvalue weighted by atomic mass is 10.3. The van der Waals surface area contributed by atoms with Gasteiger partial charge in [0.15, 0.2) is 0 Å². The van der Waals surface area contributed by atoms with Gasteiger partial charge >= 0.3 is 9.28 Å². The molecule has 11 heavy (non-hydrogen) atoms. The summed E-state index contributed by atoms with van der Waals surface area (Å²) in [6, 6.07) is 0. The van der Waals surface area contributed by atoms with Gasteiger partial charge in [-0.3, -0.25) is 0 Å². The minimum atomic E-state index is -1.42. The van der Waals surface area contributed by atoms with Crippen LogP contribution in [-0.4, -0.2) is 22.5 Å². The molecule has 0 spiro atoms. The zero-order chi connectivity index (χ0) is 8.91. The lowest BCUT2D eigenvalue weighted by Gasteiger charge is -2.27. The van der Waals surface area contributed by atoms with E-state index in [9.17, 15) is 0 Å². The molecule has 0 aromatic carbocycles. The van der Waals surface area contributed by atoms with Crippen molar-refractivity contribution in [2.75, 3.05) is 13.2 Å². The van der Waals surface area contributed by atoms with Crippen molar-refractivity contribution in [3.05, 3.63) is 0 Å². The minimum Gasteiger partial charge on any atom is -0.397 e. The number of rotatable bonds is 4. The van der Waals surface area contributed by atoms with Gasteiger partial charge in [-0.05, 0) is 13.8 Å². The van der Waals surface area contributed by atoms with Gasteiger partial charge in [0.25, 0.3) is 0 Å². The standard InChI is InChI=1S/C8H20O2Si/c1-6-9-11(10-7-2)8(3,4)5/h11H,6-7H2,1-5H3. The number of hydrogen-bond acceptors (Lipinski definition) is 2. The maximum atomic E-state index is 5.56. The maximum Gasteiger partial charge on any atom is 0.326 e. The molecule has 0 atom stereocenters. The molecule has 68 valence electrons. The van der Waals surface area contributed by atoms with Crippen LogP contribution in [0.1, 0.15) is 34.6 Å². The van der Waals surface area contributed by atoms with E-state index < -0.39 is 9.28 Å². The van der Waals surface area contributed by atoms with Gasteiger partial charge in [0.2, 0.25) is 0 Å². The molecule has 3 heteroatoms. The van der Waals surface area contributed by atoms with E-state index in [2.05, 4.69) is 20.8 Å². The average Bonchev–Trinajstić information content (AvgIpc) is 1.85. The van der Waals surface area contributed by atoms with E-state index in [0.717, 1.165) is 13.2 Å². The van der Waals surface area contributed by atoms with Gasteiger partial charge in [-0.15, -0.1) is 0 Å². The highest BCUT2D eigenvalue weighted by molar-refractivity contribution is 6.48. The van der Waals surface area contributed by atoms with E-state index in [-0.39, 0.29) is 5.04 Å². The van der Waals surface area contributed by atoms with Crippen LogP contribution in [0.4, 0.5) is 0 Å². The van der Waals surface area contributed by atoms with Crippen LogP contribution in [0.5, 0.6) is 0 Å². The van der Waals surface area contributed by atoms with Crippen molar-refractivity contribution in [1.29, 1.82) is 0 Å². The summed E-state index contributed by atoms with van der Waals surface area (Å²) in [5, 5.41) is 0.214. The van der Waals surface area contributed by atoms with Crippen molar-refractivity contribution >= 4 is 9.28 Å². The second kappa shape index (κ2) is 4.90. The summed E-state index contributed by atoms with van der Waals surface area (Å²) in [4.78, 5) is 0. The number of hydrogen-bond donors (Lipinski definition) is 0. The predicted octanol–water partition coefficient (Wildman–Crippen LogP) is 2.08. The molecule has 0 aromatic rings. The molecule has 0 fully saturated rings. The highest BCUT2D eigenvalue weighted by Crippen LogP contribution is 2.27. The molecule has 0 heterocycles. The van der Waals surface area contributed by atoms with Crippen molar-refractivity contribution in [3.63, 3.8) is 0 Å². The van der Waals surface area contributed by atoms with Gasteiger partial charge in [-0.25, -0.2) is 0 Å². The molecule has 0 saturated carbocycles. The zero-order valence-corrected chi connectivity index (χ0v) is 9.46. The molecule has 0 aliphatic carbocycles. The van der Waals surface area contributed by atoms with Crippen molar-refractivity contribution in [2.45, 2.75) is 39.7 Å². The predicted molar refractivity (Wildman–Crippen MR) is 50.1 cm³/mol. The van der Waals surface area contributed by atoms with Gasteiger partial charge in [0.1, 0.15) is 0 Å². The minimum absolute atomic E-state index is 0.214. The summed E-state index contributed by atoms with van der Waals surface area (Å²) < 4.78 is 11.1. The van der Waals surface area contributed by atoms with E-state index in [1.807, 2.05) is 13.8 Å². The largest absolute Gasteiger partial charge is 0.397 e. The fraction of sp³-hybridized carbons (Fsp3) is 1.00. The maximum absolute atomic E-state index is 5.56. The van der Waals surface area contributed by atoms with Crippen LogP contribution in [0.15, 0.2) is 0 Å². The highest BCUT2D eigenvalue weighted by Gasteiger charge is 2.28. The van der Waals surface area contributed by atoms with Crippen LogP contribution < -0.4 is 0 Å². The Balaban J connectivity index is 3.88. The molecule has 0 amide bonds. The highest BCUT2D eigenvalue weighted by atomic mass is 28.3. The Bertz CT molecular complexity index is 92.8. The van der Waals surface area contributed by atoms with E-state index in [1.54, 1.807) is 0 Å². The SMILES string of the molecule is CCO[SiH](OCC)C(C)(C)C. The molecular weight excluding hydrogens is 156 g/mol. The molecule has 0 bridgehead atoms. The molecule has 0 N–H and O–H groups in total. The molecule has 0 rings (SSSR count). The second-order valence-corrected chi connectivity index (χ2v) is 6.67. The quantitative estimate of drug-likeness (QED) is 0.611. The lowest BCUT2D eigenvalue weighted by molar-refractivity contribution is 0.193. The van der Waals surface area contributed by atoms with Crippen molar-refractivity contribution in [1.82, 2.24) is 0 Å². The summed E-state index contributed by atoms with van der Waals surface area (Å²) in [7, 11) is -1.42. The van der Waals surface area contributed by atoms with Crippen LogP contribution in [0.25, 0.3) is 0 Å². The van der Waals surface area contributed by atoms with Crippen LogP contribution in [0.3, 0.4) is 0 Å². The third kappa shape index (κ3) is 4.56. The van der Waals surface area contributed by atoms with E-state index in [0.29, 0.717) is 0 Å². The third-order valence-electron chi connectivity index (χ3n) is 1.34. The monoisotopic (exact) mass is 176 g/mol. The summed E-state index contributed by atoms with van der Waals surface area (Å²) in [5.74, 6) is 0. The summed E-state index contributed by atoms with van der Waals surface area (Å²) in [5.41, 5.74) is 0.